The van der Waals surface area contributed by atoms with Gasteiger partial charge in [-0.2, -0.15) is 4.31 Å². The number of carbonyl (C=O) groups excluding carboxylic acids is 3. The molecule has 3 amide bonds. The Morgan fingerprint density at radius 1 is 1.16 bits per heavy atom. The molecule has 2 aliphatic heterocycles. The minimum absolute atomic E-state index is 0.150. The first-order chi connectivity index (χ1) is 18.0. The predicted molar refractivity (Wildman–Crippen MR) is 145 cm³/mol. The highest BCUT2D eigenvalue weighted by Gasteiger charge is 2.32. The monoisotopic (exact) mass is 562 g/mol. The smallest absolute Gasteiger partial charge is 0.410 e. The van der Waals surface area contributed by atoms with Gasteiger partial charge in [0.15, 0.2) is 0 Å². The summed E-state index contributed by atoms with van der Waals surface area (Å²) in [4.78, 5) is 42.5. The Morgan fingerprint density at radius 3 is 2.50 bits per heavy atom. The van der Waals surface area contributed by atoms with Gasteiger partial charge in [-0.15, -0.1) is 11.3 Å². The number of fused-ring (bicyclic) bond motifs is 1. The number of ether oxygens (including phenoxy) is 1. The maximum atomic E-state index is 13.2. The molecule has 38 heavy (non-hydrogen) atoms. The zero-order valence-corrected chi connectivity index (χ0v) is 23.8. The summed E-state index contributed by atoms with van der Waals surface area (Å²) in [6, 6.07) is 5.87. The van der Waals surface area contributed by atoms with Gasteiger partial charge in [-0.3, -0.25) is 9.59 Å². The first-order valence-corrected chi connectivity index (χ1v) is 15.0. The van der Waals surface area contributed by atoms with E-state index >= 15 is 0 Å². The van der Waals surface area contributed by atoms with E-state index in [4.69, 9.17) is 4.74 Å². The third-order valence-corrected chi connectivity index (χ3v) is 9.82. The number of thiophene rings is 1. The quantitative estimate of drug-likeness (QED) is 0.575. The molecule has 1 fully saturated rings. The number of carbonyl (C=O) groups is 3. The van der Waals surface area contributed by atoms with E-state index in [0.717, 1.165) is 23.3 Å². The number of piperidine rings is 1. The molecule has 2 aliphatic rings. The van der Waals surface area contributed by atoms with E-state index in [2.05, 4.69) is 5.32 Å². The van der Waals surface area contributed by atoms with E-state index in [1.54, 1.807) is 25.9 Å². The van der Waals surface area contributed by atoms with Gasteiger partial charge >= 0.3 is 6.09 Å². The van der Waals surface area contributed by atoms with Crippen molar-refractivity contribution in [2.45, 2.75) is 44.6 Å². The molecule has 0 aliphatic carbocycles. The SMILES string of the molecule is CCOC(=O)N1CCc2c(sc(NC(=O)c3ccc(S(=O)(=O)N4CCCC(C)C4)cc3)c2C(=O)N(C)C)C1. The van der Waals surface area contributed by atoms with Crippen LogP contribution in [0.25, 0.3) is 0 Å². The van der Waals surface area contributed by atoms with Crippen molar-refractivity contribution in [3.8, 4) is 0 Å². The molecule has 10 nitrogen and oxygen atoms in total. The third-order valence-electron chi connectivity index (χ3n) is 6.80. The zero-order valence-electron chi connectivity index (χ0n) is 22.2. The van der Waals surface area contributed by atoms with Crippen LogP contribution in [-0.4, -0.2) is 80.8 Å². The second-order valence-corrected chi connectivity index (χ2v) is 12.9. The fourth-order valence-corrected chi connectivity index (χ4v) is 7.63. The average molecular weight is 563 g/mol. The number of nitrogens with one attached hydrogen (secondary N) is 1. The molecule has 1 saturated heterocycles. The van der Waals surface area contributed by atoms with E-state index in [0.29, 0.717) is 49.1 Å². The van der Waals surface area contributed by atoms with Crippen molar-refractivity contribution in [1.82, 2.24) is 14.1 Å². The minimum Gasteiger partial charge on any atom is -0.450 e. The number of rotatable bonds is 6. The van der Waals surface area contributed by atoms with Gasteiger partial charge in [0.25, 0.3) is 11.8 Å². The summed E-state index contributed by atoms with van der Waals surface area (Å²) >= 11 is 1.26. The predicted octanol–water partition coefficient (Wildman–Crippen LogP) is 3.64. The number of amides is 3. The highest BCUT2D eigenvalue weighted by atomic mass is 32.2. The molecule has 0 bridgehead atoms. The van der Waals surface area contributed by atoms with Crippen molar-refractivity contribution >= 4 is 44.3 Å². The summed E-state index contributed by atoms with van der Waals surface area (Å²) in [6.07, 6.45) is 1.90. The van der Waals surface area contributed by atoms with Crippen LogP contribution in [0.5, 0.6) is 0 Å². The largest absolute Gasteiger partial charge is 0.450 e. The average Bonchev–Trinajstić information content (AvgIpc) is 3.25. The Kier molecular flexibility index (Phi) is 8.43. The Bertz CT molecular complexity index is 1320. The van der Waals surface area contributed by atoms with E-state index in [1.165, 1.54) is 44.8 Å². The van der Waals surface area contributed by atoms with Gasteiger partial charge in [0.05, 0.1) is 23.6 Å². The topological polar surface area (TPSA) is 116 Å². The summed E-state index contributed by atoms with van der Waals surface area (Å²) in [5.41, 5.74) is 1.52. The molecule has 1 N–H and O–H groups in total. The van der Waals surface area contributed by atoms with Crippen molar-refractivity contribution < 1.29 is 27.5 Å². The van der Waals surface area contributed by atoms with E-state index in [9.17, 15) is 22.8 Å². The van der Waals surface area contributed by atoms with Crippen molar-refractivity contribution in [1.29, 1.82) is 0 Å². The first kappa shape index (κ1) is 28.1. The van der Waals surface area contributed by atoms with Crippen LogP contribution >= 0.6 is 11.3 Å². The summed E-state index contributed by atoms with van der Waals surface area (Å²) in [7, 11) is -0.338. The van der Waals surface area contributed by atoms with Gasteiger partial charge in [-0.25, -0.2) is 13.2 Å². The molecule has 1 unspecified atom stereocenters. The first-order valence-electron chi connectivity index (χ1n) is 12.7. The van der Waals surface area contributed by atoms with Gasteiger partial charge in [-0.1, -0.05) is 6.92 Å². The Labute approximate surface area is 227 Å². The Hall–Kier alpha value is -2.96. The lowest BCUT2D eigenvalue weighted by atomic mass is 10.0. The molecular formula is C26H34N4O6S2. The second-order valence-electron chi connectivity index (χ2n) is 9.87. The normalized spacial score (nSPS) is 18.0. The van der Waals surface area contributed by atoms with Crippen molar-refractivity contribution in [3.05, 3.63) is 45.8 Å². The van der Waals surface area contributed by atoms with Gasteiger partial charge in [0, 0.05) is 44.2 Å². The molecular weight excluding hydrogens is 528 g/mol. The highest BCUT2D eigenvalue weighted by molar-refractivity contribution is 7.89. The van der Waals surface area contributed by atoms with E-state index < -0.39 is 22.0 Å². The number of anilines is 1. The molecule has 1 aromatic heterocycles. The van der Waals surface area contributed by atoms with Crippen LogP contribution in [0.3, 0.4) is 0 Å². The molecule has 206 valence electrons. The van der Waals surface area contributed by atoms with Gasteiger partial charge in [0.1, 0.15) is 5.00 Å². The fourth-order valence-electron chi connectivity index (χ4n) is 4.78. The van der Waals surface area contributed by atoms with Crippen LogP contribution in [-0.2, 0) is 27.7 Å². The van der Waals surface area contributed by atoms with Crippen LogP contribution in [0.1, 0.15) is 57.8 Å². The number of hydrogen-bond donors (Lipinski definition) is 1. The van der Waals surface area contributed by atoms with Crippen LogP contribution in [0.4, 0.5) is 9.80 Å². The van der Waals surface area contributed by atoms with Crippen molar-refractivity contribution in [2.75, 3.05) is 45.7 Å². The molecule has 0 saturated carbocycles. The summed E-state index contributed by atoms with van der Waals surface area (Å²) in [5.74, 6) is -0.377. The van der Waals surface area contributed by atoms with Crippen LogP contribution < -0.4 is 5.32 Å². The summed E-state index contributed by atoms with van der Waals surface area (Å²) in [5, 5.41) is 3.26. The van der Waals surface area contributed by atoms with Crippen molar-refractivity contribution in [2.24, 2.45) is 5.92 Å². The van der Waals surface area contributed by atoms with Crippen molar-refractivity contribution in [3.63, 3.8) is 0 Å². The lowest BCUT2D eigenvalue weighted by Crippen LogP contribution is -2.39. The Balaban J connectivity index is 1.56. The van der Waals surface area contributed by atoms with Crippen LogP contribution in [0, 0.1) is 5.92 Å². The standard InChI is InChI=1S/C26H34N4O6S2/c1-5-36-26(33)29-14-12-20-21(16-29)37-24(22(20)25(32)28(3)4)27-23(31)18-8-10-19(11-9-18)38(34,35)30-13-6-7-17(2)15-30/h8-11,17H,5-7,12-16H2,1-4H3,(H,27,31). The molecule has 12 heteroatoms. The number of hydrogen-bond acceptors (Lipinski definition) is 7. The lowest BCUT2D eigenvalue weighted by molar-refractivity contribution is 0.0827. The van der Waals surface area contributed by atoms with Crippen LogP contribution in [0.2, 0.25) is 0 Å². The molecule has 0 radical (unpaired) electrons. The van der Waals surface area contributed by atoms with Gasteiger partial charge < -0.3 is 19.9 Å². The lowest BCUT2D eigenvalue weighted by Gasteiger charge is -2.30. The molecule has 1 atom stereocenters. The summed E-state index contributed by atoms with van der Waals surface area (Å²) in [6.45, 7) is 5.75. The Morgan fingerprint density at radius 2 is 1.87 bits per heavy atom. The summed E-state index contributed by atoms with van der Waals surface area (Å²) < 4.78 is 32.8. The molecule has 0 spiro atoms. The maximum Gasteiger partial charge on any atom is 0.410 e. The van der Waals surface area contributed by atoms with Gasteiger partial charge in [-0.05, 0) is 61.9 Å². The fraction of sp³-hybridized carbons (Fsp3) is 0.500. The third kappa shape index (κ3) is 5.71. The highest BCUT2D eigenvalue weighted by Crippen LogP contribution is 2.38. The number of sulfonamides is 1. The second kappa shape index (κ2) is 11.4. The molecule has 1 aromatic carbocycles. The zero-order chi connectivity index (χ0) is 27.6. The molecule has 3 heterocycles. The van der Waals surface area contributed by atoms with Crippen LogP contribution in [0.15, 0.2) is 29.2 Å². The van der Waals surface area contributed by atoms with E-state index in [1.807, 2.05) is 6.92 Å². The molecule has 4 rings (SSSR count). The minimum atomic E-state index is -3.63. The number of nitrogens with zero attached hydrogens (tertiary/aromatic N) is 3. The number of benzene rings is 1. The van der Waals surface area contributed by atoms with Gasteiger partial charge in [0.2, 0.25) is 10.0 Å². The molecule has 2 aromatic rings. The maximum absolute atomic E-state index is 13.2. The van der Waals surface area contributed by atoms with E-state index in [-0.39, 0.29) is 23.0 Å².